The molecule has 1 aliphatic rings. The number of hydrogen-bond donors (Lipinski definition) is 0. The highest BCUT2D eigenvalue weighted by molar-refractivity contribution is 6.46. The van der Waals surface area contributed by atoms with Crippen LogP contribution in [0, 0.1) is 11.3 Å². The third-order valence-corrected chi connectivity index (χ3v) is 3.46. The highest BCUT2D eigenvalue weighted by atomic mass is 16.1. The van der Waals surface area contributed by atoms with E-state index in [1.54, 1.807) is 5.01 Å². The monoisotopic (exact) mass is 275 g/mol. The normalized spacial score (nSPS) is 18.0. The lowest BCUT2D eigenvalue weighted by atomic mass is 9.97. The van der Waals surface area contributed by atoms with Gasteiger partial charge in [-0.3, -0.25) is 9.80 Å². The molecule has 1 atom stereocenters. The molecule has 0 aromatic heterocycles. The molecule has 4 nitrogen and oxygen atoms in total. The Morgan fingerprint density at radius 2 is 1.67 bits per heavy atom. The minimum Gasteiger partial charge on any atom is -0.291 e. The fraction of sp³-hybridized carbons (Fsp3) is 0.118. The first-order chi connectivity index (χ1) is 10.3. The van der Waals surface area contributed by atoms with Crippen molar-refractivity contribution in [3.63, 3.8) is 0 Å². The molecule has 0 spiro atoms. The molecule has 1 aliphatic heterocycles. The number of nitriles is 1. The van der Waals surface area contributed by atoms with Gasteiger partial charge in [0.05, 0.1) is 11.7 Å². The summed E-state index contributed by atoms with van der Waals surface area (Å²) in [4.78, 5) is 12.0. The number of carbonyl (C=O) groups excluding carboxylic acids is 1. The van der Waals surface area contributed by atoms with E-state index in [4.69, 9.17) is 5.26 Å². The first kappa shape index (κ1) is 13.1. The van der Waals surface area contributed by atoms with Crippen molar-refractivity contribution in [2.75, 3.05) is 5.01 Å². The number of benzene rings is 2. The molecule has 2 aromatic rings. The van der Waals surface area contributed by atoms with Gasteiger partial charge in [0.2, 0.25) is 5.71 Å². The van der Waals surface area contributed by atoms with Crippen LogP contribution in [0.25, 0.3) is 0 Å². The standard InChI is InChI=1S/C17H13N3O/c18-12-15-17(21)11-16(13-7-3-1-4-8-13)20(19-15)14-9-5-2-6-10-14/h1-10,16H,11H2. The zero-order chi connectivity index (χ0) is 14.7. The van der Waals surface area contributed by atoms with Crippen molar-refractivity contribution in [3.8, 4) is 6.07 Å². The highest BCUT2D eigenvalue weighted by Gasteiger charge is 2.31. The predicted octanol–water partition coefficient (Wildman–Crippen LogP) is 3.09. The van der Waals surface area contributed by atoms with Crippen molar-refractivity contribution in [1.82, 2.24) is 0 Å². The average Bonchev–Trinajstić information content (AvgIpc) is 2.56. The van der Waals surface area contributed by atoms with Crippen molar-refractivity contribution in [2.24, 2.45) is 5.10 Å². The maximum Gasteiger partial charge on any atom is 0.203 e. The molecule has 1 heterocycles. The van der Waals surface area contributed by atoms with E-state index in [0.29, 0.717) is 0 Å². The van der Waals surface area contributed by atoms with Crippen LogP contribution >= 0.6 is 0 Å². The lowest BCUT2D eigenvalue weighted by Gasteiger charge is -2.32. The minimum absolute atomic E-state index is 0.0361. The maximum atomic E-state index is 12.0. The zero-order valence-electron chi connectivity index (χ0n) is 11.3. The summed E-state index contributed by atoms with van der Waals surface area (Å²) in [6.07, 6.45) is 0.255. The molecule has 0 bridgehead atoms. The Hall–Kier alpha value is -2.93. The van der Waals surface area contributed by atoms with Crippen LogP contribution in [0.15, 0.2) is 65.8 Å². The van der Waals surface area contributed by atoms with Crippen LogP contribution in [0.2, 0.25) is 0 Å². The number of anilines is 1. The van der Waals surface area contributed by atoms with Gasteiger partial charge < -0.3 is 0 Å². The summed E-state index contributed by atoms with van der Waals surface area (Å²) in [7, 11) is 0. The SMILES string of the molecule is N#CC1=NN(c2ccccc2)C(c2ccccc2)CC1=O. The van der Waals surface area contributed by atoms with Gasteiger partial charge in [-0.05, 0) is 17.7 Å². The van der Waals surface area contributed by atoms with Crippen LogP contribution in [-0.2, 0) is 4.79 Å². The minimum atomic E-state index is -0.210. The van der Waals surface area contributed by atoms with Gasteiger partial charge in [-0.2, -0.15) is 10.4 Å². The number of hydrogen-bond acceptors (Lipinski definition) is 4. The van der Waals surface area contributed by atoms with Crippen LogP contribution in [-0.4, -0.2) is 11.5 Å². The third kappa shape index (κ3) is 2.54. The van der Waals surface area contributed by atoms with Gasteiger partial charge in [0, 0.05) is 6.42 Å². The molecule has 0 radical (unpaired) electrons. The van der Waals surface area contributed by atoms with E-state index >= 15 is 0 Å². The van der Waals surface area contributed by atoms with Gasteiger partial charge in [0.15, 0.2) is 5.78 Å². The molecule has 1 unspecified atom stereocenters. The Labute approximate surface area is 122 Å². The predicted molar refractivity (Wildman–Crippen MR) is 80.8 cm³/mol. The number of ketones is 1. The van der Waals surface area contributed by atoms with E-state index in [0.717, 1.165) is 11.3 Å². The lowest BCUT2D eigenvalue weighted by Crippen LogP contribution is -2.34. The second-order valence-corrected chi connectivity index (χ2v) is 4.79. The Morgan fingerprint density at radius 1 is 1.05 bits per heavy atom. The highest BCUT2D eigenvalue weighted by Crippen LogP contribution is 2.33. The molecule has 102 valence electrons. The summed E-state index contributed by atoms with van der Waals surface area (Å²) in [6.45, 7) is 0. The molecule has 21 heavy (non-hydrogen) atoms. The molecule has 3 rings (SSSR count). The fourth-order valence-electron chi connectivity index (χ4n) is 2.43. The van der Waals surface area contributed by atoms with Gasteiger partial charge in [-0.15, -0.1) is 0 Å². The van der Waals surface area contributed by atoms with Crippen LogP contribution < -0.4 is 5.01 Å². The topological polar surface area (TPSA) is 56.5 Å². The zero-order valence-corrected chi connectivity index (χ0v) is 11.3. The number of Topliss-reactive ketones (excluding diaryl/α,β-unsaturated/α-hetero) is 1. The van der Waals surface area contributed by atoms with Crippen molar-refractivity contribution in [3.05, 3.63) is 66.2 Å². The molecular weight excluding hydrogens is 262 g/mol. The van der Waals surface area contributed by atoms with E-state index in [1.807, 2.05) is 66.7 Å². The van der Waals surface area contributed by atoms with Crippen LogP contribution in [0.3, 0.4) is 0 Å². The number of rotatable bonds is 2. The Kier molecular flexibility index (Phi) is 3.48. The molecule has 0 saturated carbocycles. The molecule has 2 aromatic carbocycles. The Morgan fingerprint density at radius 3 is 2.29 bits per heavy atom. The quantitative estimate of drug-likeness (QED) is 0.846. The molecule has 0 amide bonds. The molecular formula is C17H13N3O. The first-order valence-corrected chi connectivity index (χ1v) is 6.70. The summed E-state index contributed by atoms with van der Waals surface area (Å²) in [5.74, 6) is -0.210. The molecule has 0 fully saturated rings. The Balaban J connectivity index is 2.08. The summed E-state index contributed by atoms with van der Waals surface area (Å²) in [5, 5.41) is 15.1. The molecule has 0 N–H and O–H groups in total. The number of carbonyl (C=O) groups is 1. The van der Waals surface area contributed by atoms with E-state index < -0.39 is 0 Å². The molecule has 4 heteroatoms. The summed E-state index contributed by atoms with van der Waals surface area (Å²) in [5.41, 5.74) is 1.84. The second kappa shape index (κ2) is 5.59. The fourth-order valence-corrected chi connectivity index (χ4v) is 2.43. The second-order valence-electron chi connectivity index (χ2n) is 4.79. The van der Waals surface area contributed by atoms with Crippen molar-refractivity contribution >= 4 is 17.2 Å². The van der Waals surface area contributed by atoms with E-state index in [1.165, 1.54) is 0 Å². The average molecular weight is 275 g/mol. The van der Waals surface area contributed by atoms with E-state index in [9.17, 15) is 4.79 Å². The van der Waals surface area contributed by atoms with Gasteiger partial charge in [0.25, 0.3) is 0 Å². The van der Waals surface area contributed by atoms with E-state index in [2.05, 4.69) is 5.10 Å². The van der Waals surface area contributed by atoms with Crippen molar-refractivity contribution < 1.29 is 4.79 Å². The number of nitrogens with zero attached hydrogens (tertiary/aromatic N) is 3. The molecule has 0 aliphatic carbocycles. The van der Waals surface area contributed by atoms with Gasteiger partial charge in [-0.1, -0.05) is 48.5 Å². The number of hydrazone groups is 1. The van der Waals surface area contributed by atoms with Crippen LogP contribution in [0.1, 0.15) is 18.0 Å². The smallest absolute Gasteiger partial charge is 0.203 e. The lowest BCUT2D eigenvalue weighted by molar-refractivity contribution is -0.113. The van der Waals surface area contributed by atoms with Crippen molar-refractivity contribution in [2.45, 2.75) is 12.5 Å². The van der Waals surface area contributed by atoms with Crippen LogP contribution in [0.5, 0.6) is 0 Å². The Bertz CT molecular complexity index is 717. The third-order valence-electron chi connectivity index (χ3n) is 3.46. The van der Waals surface area contributed by atoms with Gasteiger partial charge >= 0.3 is 0 Å². The maximum absolute atomic E-state index is 12.0. The summed E-state index contributed by atoms with van der Waals surface area (Å²) in [6, 6.07) is 21.0. The number of para-hydroxylation sites is 1. The largest absolute Gasteiger partial charge is 0.291 e. The van der Waals surface area contributed by atoms with Crippen LogP contribution in [0.4, 0.5) is 5.69 Å². The first-order valence-electron chi connectivity index (χ1n) is 6.70. The van der Waals surface area contributed by atoms with E-state index in [-0.39, 0.29) is 24.0 Å². The van der Waals surface area contributed by atoms with Gasteiger partial charge in [0.1, 0.15) is 6.07 Å². The van der Waals surface area contributed by atoms with Crippen molar-refractivity contribution in [1.29, 1.82) is 5.26 Å². The summed E-state index contributed by atoms with van der Waals surface area (Å²) >= 11 is 0. The summed E-state index contributed by atoms with van der Waals surface area (Å²) < 4.78 is 0. The van der Waals surface area contributed by atoms with Gasteiger partial charge in [-0.25, -0.2) is 0 Å². The molecule has 0 saturated heterocycles.